The monoisotopic (exact) mass is 248 g/mol. The van der Waals surface area contributed by atoms with Crippen LogP contribution >= 0.6 is 0 Å². The minimum absolute atomic E-state index is 0.239. The first-order chi connectivity index (χ1) is 8.74. The second-order valence-electron chi connectivity index (χ2n) is 4.99. The Morgan fingerprint density at radius 1 is 1.22 bits per heavy atom. The third-order valence-electron chi connectivity index (χ3n) is 3.39. The third kappa shape index (κ3) is 5.19. The van der Waals surface area contributed by atoms with Crippen LogP contribution < -0.4 is 11.1 Å². The van der Waals surface area contributed by atoms with E-state index in [-0.39, 0.29) is 6.04 Å². The molecule has 3 N–H and O–H groups in total. The first-order valence-corrected chi connectivity index (χ1v) is 7.28. The van der Waals surface area contributed by atoms with E-state index in [9.17, 15) is 0 Å². The van der Waals surface area contributed by atoms with E-state index in [0.29, 0.717) is 0 Å². The summed E-state index contributed by atoms with van der Waals surface area (Å²) in [5, 5.41) is 3.53. The lowest BCUT2D eigenvalue weighted by Gasteiger charge is -2.28. The molecule has 2 heteroatoms. The lowest BCUT2D eigenvalue weighted by molar-refractivity contribution is 0.331. The van der Waals surface area contributed by atoms with Crippen molar-refractivity contribution in [3.8, 4) is 0 Å². The fourth-order valence-corrected chi connectivity index (χ4v) is 2.03. The molecule has 1 aliphatic carbocycles. The zero-order valence-corrected chi connectivity index (χ0v) is 12.1. The van der Waals surface area contributed by atoms with Crippen molar-refractivity contribution in [1.82, 2.24) is 5.32 Å². The molecule has 2 nitrogen and oxygen atoms in total. The molecule has 2 rings (SSSR count). The standard InChI is InChI=1S/C14H22N2.C2H6/c1-11-5-7-12(8-6-11)9-13(15)10-16-14-3-2-4-14;1-2/h5-8,13-14,16H,2-4,9-10,15H2,1H3;1-2H3. The maximum atomic E-state index is 6.11. The third-order valence-corrected chi connectivity index (χ3v) is 3.39. The van der Waals surface area contributed by atoms with Crippen molar-refractivity contribution in [2.75, 3.05) is 6.54 Å². The van der Waals surface area contributed by atoms with Crippen molar-refractivity contribution < 1.29 is 0 Å². The Labute approximate surface area is 112 Å². The predicted octanol–water partition coefficient (Wildman–Crippen LogP) is 3.03. The summed E-state index contributed by atoms with van der Waals surface area (Å²) in [5.41, 5.74) is 8.76. The molecule has 1 aromatic carbocycles. The van der Waals surface area contributed by atoms with Crippen LogP contribution in [0.4, 0.5) is 0 Å². The molecule has 0 amide bonds. The van der Waals surface area contributed by atoms with Crippen LogP contribution in [0, 0.1) is 6.92 Å². The lowest BCUT2D eigenvalue weighted by atomic mass is 9.93. The molecule has 18 heavy (non-hydrogen) atoms. The number of rotatable bonds is 5. The van der Waals surface area contributed by atoms with Crippen molar-refractivity contribution in [3.63, 3.8) is 0 Å². The van der Waals surface area contributed by atoms with Gasteiger partial charge in [-0.25, -0.2) is 0 Å². The van der Waals surface area contributed by atoms with Gasteiger partial charge in [-0.15, -0.1) is 0 Å². The lowest BCUT2D eigenvalue weighted by Crippen LogP contribution is -2.43. The van der Waals surface area contributed by atoms with Gasteiger partial charge in [0.15, 0.2) is 0 Å². The fourth-order valence-electron chi connectivity index (χ4n) is 2.03. The van der Waals surface area contributed by atoms with Crippen LogP contribution in [0.2, 0.25) is 0 Å². The molecule has 0 bridgehead atoms. The van der Waals surface area contributed by atoms with Crippen molar-refractivity contribution in [2.45, 2.75) is 58.5 Å². The van der Waals surface area contributed by atoms with Crippen LogP contribution in [-0.4, -0.2) is 18.6 Å². The van der Waals surface area contributed by atoms with E-state index in [1.54, 1.807) is 0 Å². The SMILES string of the molecule is CC.Cc1ccc(CC(N)CNC2CCC2)cc1. The van der Waals surface area contributed by atoms with Gasteiger partial charge in [-0.2, -0.15) is 0 Å². The first kappa shape index (κ1) is 15.2. The maximum Gasteiger partial charge on any atom is 0.0206 e. The second-order valence-corrected chi connectivity index (χ2v) is 4.99. The number of hydrogen-bond donors (Lipinski definition) is 2. The quantitative estimate of drug-likeness (QED) is 0.840. The molecule has 1 fully saturated rings. The summed E-state index contributed by atoms with van der Waals surface area (Å²) in [6, 6.07) is 9.65. The van der Waals surface area contributed by atoms with Gasteiger partial charge in [0.05, 0.1) is 0 Å². The zero-order chi connectivity index (χ0) is 13.4. The van der Waals surface area contributed by atoms with E-state index in [1.807, 2.05) is 13.8 Å². The Morgan fingerprint density at radius 2 is 1.83 bits per heavy atom. The molecule has 1 atom stereocenters. The number of benzene rings is 1. The summed E-state index contributed by atoms with van der Waals surface area (Å²) in [4.78, 5) is 0. The number of nitrogens with one attached hydrogen (secondary N) is 1. The van der Waals surface area contributed by atoms with Crippen LogP contribution in [0.5, 0.6) is 0 Å². The van der Waals surface area contributed by atoms with Gasteiger partial charge in [-0.05, 0) is 31.7 Å². The normalized spacial score (nSPS) is 16.4. The average molecular weight is 248 g/mol. The van der Waals surface area contributed by atoms with Crippen molar-refractivity contribution in [1.29, 1.82) is 0 Å². The summed E-state index contributed by atoms with van der Waals surface area (Å²) >= 11 is 0. The van der Waals surface area contributed by atoms with Gasteiger partial charge in [0.1, 0.15) is 0 Å². The number of nitrogens with two attached hydrogens (primary N) is 1. The van der Waals surface area contributed by atoms with E-state index in [1.165, 1.54) is 30.4 Å². The van der Waals surface area contributed by atoms with E-state index in [2.05, 4.69) is 36.5 Å². The largest absolute Gasteiger partial charge is 0.326 e. The van der Waals surface area contributed by atoms with E-state index in [0.717, 1.165) is 19.0 Å². The summed E-state index contributed by atoms with van der Waals surface area (Å²) < 4.78 is 0. The Kier molecular flexibility index (Phi) is 6.99. The van der Waals surface area contributed by atoms with Gasteiger partial charge >= 0.3 is 0 Å². The molecular weight excluding hydrogens is 220 g/mol. The molecule has 1 aromatic rings. The average Bonchev–Trinajstić information content (AvgIpc) is 2.33. The molecule has 0 heterocycles. The topological polar surface area (TPSA) is 38.0 Å². The van der Waals surface area contributed by atoms with E-state index >= 15 is 0 Å². The minimum atomic E-state index is 0.239. The van der Waals surface area contributed by atoms with Crippen molar-refractivity contribution >= 4 is 0 Å². The summed E-state index contributed by atoms with van der Waals surface area (Å²) in [5.74, 6) is 0. The molecule has 1 aliphatic rings. The predicted molar refractivity (Wildman–Crippen MR) is 79.8 cm³/mol. The van der Waals surface area contributed by atoms with E-state index in [4.69, 9.17) is 5.73 Å². The van der Waals surface area contributed by atoms with E-state index < -0.39 is 0 Å². The van der Waals surface area contributed by atoms with Crippen LogP contribution in [0.3, 0.4) is 0 Å². The molecular formula is C16H28N2. The highest BCUT2D eigenvalue weighted by Gasteiger charge is 2.17. The summed E-state index contributed by atoms with van der Waals surface area (Å²) in [6.07, 6.45) is 5.01. The minimum Gasteiger partial charge on any atom is -0.326 e. The molecule has 0 saturated heterocycles. The van der Waals surface area contributed by atoms with Gasteiger partial charge in [0, 0.05) is 18.6 Å². The molecule has 0 radical (unpaired) electrons. The Morgan fingerprint density at radius 3 is 2.33 bits per heavy atom. The number of aryl methyl sites for hydroxylation is 1. The van der Waals surface area contributed by atoms with Gasteiger partial charge < -0.3 is 11.1 Å². The zero-order valence-electron chi connectivity index (χ0n) is 12.1. The van der Waals surface area contributed by atoms with Gasteiger partial charge in [-0.3, -0.25) is 0 Å². The Balaban J connectivity index is 0.000000771. The second kappa shape index (κ2) is 8.28. The molecule has 0 aliphatic heterocycles. The molecule has 102 valence electrons. The van der Waals surface area contributed by atoms with Crippen molar-refractivity contribution in [2.24, 2.45) is 5.73 Å². The van der Waals surface area contributed by atoms with Crippen LogP contribution in [0.25, 0.3) is 0 Å². The highest BCUT2D eigenvalue weighted by atomic mass is 14.9. The summed E-state index contributed by atoms with van der Waals surface area (Å²) in [6.45, 7) is 7.06. The van der Waals surface area contributed by atoms with Crippen LogP contribution in [-0.2, 0) is 6.42 Å². The molecule has 0 spiro atoms. The molecule has 1 unspecified atom stereocenters. The van der Waals surface area contributed by atoms with Crippen LogP contribution in [0.1, 0.15) is 44.2 Å². The maximum absolute atomic E-state index is 6.11. The highest BCUT2D eigenvalue weighted by molar-refractivity contribution is 5.22. The van der Waals surface area contributed by atoms with Gasteiger partial charge in [-0.1, -0.05) is 50.1 Å². The molecule has 1 saturated carbocycles. The van der Waals surface area contributed by atoms with Crippen LogP contribution in [0.15, 0.2) is 24.3 Å². The molecule has 0 aromatic heterocycles. The smallest absolute Gasteiger partial charge is 0.0206 e. The Bertz CT molecular complexity index is 314. The first-order valence-electron chi connectivity index (χ1n) is 7.28. The number of hydrogen-bond acceptors (Lipinski definition) is 2. The Hall–Kier alpha value is -0.860. The van der Waals surface area contributed by atoms with Crippen molar-refractivity contribution in [3.05, 3.63) is 35.4 Å². The fraction of sp³-hybridized carbons (Fsp3) is 0.625. The highest BCUT2D eigenvalue weighted by Crippen LogP contribution is 2.17. The summed E-state index contributed by atoms with van der Waals surface area (Å²) in [7, 11) is 0. The van der Waals surface area contributed by atoms with Gasteiger partial charge in [0.25, 0.3) is 0 Å². The van der Waals surface area contributed by atoms with Gasteiger partial charge in [0.2, 0.25) is 0 Å².